The zero-order valence-corrected chi connectivity index (χ0v) is 12.9. The molecule has 0 amide bonds. The minimum atomic E-state index is -0.431. The molecule has 0 saturated carbocycles. The quantitative estimate of drug-likeness (QED) is 0.499. The number of hydrogen-bond acceptors (Lipinski definition) is 5. The summed E-state index contributed by atoms with van der Waals surface area (Å²) in [5.41, 5.74) is 7.27. The largest absolute Gasteiger partial charge is 0.496 e. The molecule has 1 aromatic carbocycles. The number of nitrogens with zero attached hydrogens (tertiary/aromatic N) is 2. The molecule has 0 unspecified atom stereocenters. The third-order valence-electron chi connectivity index (χ3n) is 3.43. The van der Waals surface area contributed by atoms with E-state index in [1.54, 1.807) is 12.1 Å². The van der Waals surface area contributed by atoms with Crippen molar-refractivity contribution in [3.05, 3.63) is 29.3 Å². The fraction of sp³-hybridized carbons (Fsp3) is 0.467. The van der Waals surface area contributed by atoms with Crippen LogP contribution in [0.1, 0.15) is 15.9 Å². The van der Waals surface area contributed by atoms with Crippen molar-refractivity contribution in [2.75, 3.05) is 40.5 Å². The van der Waals surface area contributed by atoms with Crippen molar-refractivity contribution in [1.82, 2.24) is 4.90 Å². The van der Waals surface area contributed by atoms with Crippen LogP contribution in [0.3, 0.4) is 0 Å². The Labute approximate surface area is 129 Å². The van der Waals surface area contributed by atoms with Crippen molar-refractivity contribution < 1.29 is 19.0 Å². The Morgan fingerprint density at radius 2 is 2.09 bits per heavy atom. The van der Waals surface area contributed by atoms with E-state index in [2.05, 4.69) is 4.99 Å². The van der Waals surface area contributed by atoms with Crippen molar-refractivity contribution in [1.29, 1.82) is 0 Å². The van der Waals surface area contributed by atoms with E-state index in [4.69, 9.17) is 19.9 Å². The molecule has 0 atom stereocenters. The third-order valence-corrected chi connectivity index (χ3v) is 3.43. The summed E-state index contributed by atoms with van der Waals surface area (Å²) in [6.45, 7) is 3.25. The lowest BCUT2D eigenvalue weighted by Gasteiger charge is -2.27. The summed E-state index contributed by atoms with van der Waals surface area (Å²) in [6.07, 6.45) is 0. The van der Waals surface area contributed by atoms with Crippen LogP contribution in [-0.2, 0) is 16.0 Å². The van der Waals surface area contributed by atoms with Crippen molar-refractivity contribution in [2.24, 2.45) is 10.7 Å². The summed E-state index contributed by atoms with van der Waals surface area (Å²) >= 11 is 0. The molecule has 22 heavy (non-hydrogen) atoms. The molecule has 2 rings (SSSR count). The van der Waals surface area contributed by atoms with Gasteiger partial charge in [-0.1, -0.05) is 6.07 Å². The molecular formula is C15H21N3O4. The smallest absolute Gasteiger partial charge is 0.341 e. The molecule has 1 aliphatic heterocycles. The summed E-state index contributed by atoms with van der Waals surface area (Å²) < 4.78 is 15.2. The molecule has 7 heteroatoms. The number of hydrogen-bond donors (Lipinski definition) is 1. The molecule has 0 bridgehead atoms. The van der Waals surface area contributed by atoms with Gasteiger partial charge in [0.1, 0.15) is 11.3 Å². The van der Waals surface area contributed by atoms with Crippen LogP contribution < -0.4 is 10.5 Å². The number of esters is 1. The van der Waals surface area contributed by atoms with Gasteiger partial charge in [0.2, 0.25) is 0 Å². The molecule has 1 aliphatic rings. The van der Waals surface area contributed by atoms with Crippen LogP contribution in [0.4, 0.5) is 0 Å². The van der Waals surface area contributed by atoms with Crippen LogP contribution in [0.15, 0.2) is 23.2 Å². The Balaban J connectivity index is 2.07. The van der Waals surface area contributed by atoms with Crippen LogP contribution in [0.2, 0.25) is 0 Å². The first-order chi connectivity index (χ1) is 10.7. The van der Waals surface area contributed by atoms with Gasteiger partial charge in [0.25, 0.3) is 0 Å². The molecule has 120 valence electrons. The summed E-state index contributed by atoms with van der Waals surface area (Å²) in [6, 6.07) is 5.24. The predicted molar refractivity (Wildman–Crippen MR) is 82.1 cm³/mol. The fourth-order valence-corrected chi connectivity index (χ4v) is 2.18. The van der Waals surface area contributed by atoms with Gasteiger partial charge in [0.05, 0.1) is 34.0 Å². The molecule has 1 fully saturated rings. The Morgan fingerprint density at radius 1 is 1.36 bits per heavy atom. The highest BCUT2D eigenvalue weighted by Crippen LogP contribution is 2.21. The molecule has 0 radical (unpaired) electrons. The molecular weight excluding hydrogens is 286 g/mol. The van der Waals surface area contributed by atoms with Crippen molar-refractivity contribution in [3.8, 4) is 5.75 Å². The van der Waals surface area contributed by atoms with Gasteiger partial charge in [-0.25, -0.2) is 9.79 Å². The van der Waals surface area contributed by atoms with E-state index in [1.165, 1.54) is 14.2 Å². The average molecular weight is 307 g/mol. The van der Waals surface area contributed by atoms with Gasteiger partial charge in [-0.3, -0.25) is 0 Å². The molecule has 0 aliphatic carbocycles. The lowest BCUT2D eigenvalue weighted by molar-refractivity contribution is 0.0597. The number of methoxy groups -OCH3 is 2. The topological polar surface area (TPSA) is 86.4 Å². The fourth-order valence-electron chi connectivity index (χ4n) is 2.18. The second-order valence-electron chi connectivity index (χ2n) is 4.80. The SMILES string of the molecule is COC(=O)c1ccc(CN=C(N)N2CCOCC2)cc1OC. The first kappa shape index (κ1) is 16.1. The highest BCUT2D eigenvalue weighted by Gasteiger charge is 2.14. The molecule has 2 N–H and O–H groups in total. The van der Waals surface area contributed by atoms with Gasteiger partial charge < -0.3 is 24.8 Å². The highest BCUT2D eigenvalue weighted by molar-refractivity contribution is 5.92. The minimum absolute atomic E-state index is 0.388. The zero-order chi connectivity index (χ0) is 15.9. The van der Waals surface area contributed by atoms with Crippen molar-refractivity contribution in [2.45, 2.75) is 6.54 Å². The van der Waals surface area contributed by atoms with Gasteiger partial charge in [-0.15, -0.1) is 0 Å². The number of nitrogens with two attached hydrogens (primary N) is 1. The number of carbonyl (C=O) groups is 1. The standard InChI is InChI=1S/C15H21N3O4/c1-20-13-9-11(3-4-12(13)14(19)21-2)10-17-15(16)18-5-7-22-8-6-18/h3-4,9H,5-8,10H2,1-2H3,(H2,16,17). The number of morpholine rings is 1. The maximum Gasteiger partial charge on any atom is 0.341 e. The van der Waals surface area contributed by atoms with E-state index < -0.39 is 5.97 Å². The van der Waals surface area contributed by atoms with Crippen LogP contribution in [0, 0.1) is 0 Å². The number of aliphatic imine (C=N–C) groups is 1. The Morgan fingerprint density at radius 3 is 2.73 bits per heavy atom. The van der Waals surface area contributed by atoms with Crippen LogP contribution in [0.5, 0.6) is 5.75 Å². The first-order valence-corrected chi connectivity index (χ1v) is 7.03. The predicted octanol–water partition coefficient (Wildman–Crippen LogP) is 0.629. The summed E-state index contributed by atoms with van der Waals surface area (Å²) in [7, 11) is 2.85. The summed E-state index contributed by atoms with van der Waals surface area (Å²) in [4.78, 5) is 18.0. The van der Waals surface area contributed by atoms with Crippen molar-refractivity contribution in [3.63, 3.8) is 0 Å². The van der Waals surface area contributed by atoms with E-state index >= 15 is 0 Å². The Kier molecular flexibility index (Phi) is 5.60. The molecule has 1 heterocycles. The normalized spacial score (nSPS) is 15.5. The van der Waals surface area contributed by atoms with Crippen LogP contribution in [0.25, 0.3) is 0 Å². The van der Waals surface area contributed by atoms with Gasteiger partial charge in [-0.2, -0.15) is 0 Å². The molecule has 0 aromatic heterocycles. The minimum Gasteiger partial charge on any atom is -0.496 e. The van der Waals surface area contributed by atoms with Gasteiger partial charge in [0, 0.05) is 13.1 Å². The molecule has 1 aromatic rings. The van der Waals surface area contributed by atoms with Gasteiger partial charge in [0.15, 0.2) is 5.96 Å². The monoisotopic (exact) mass is 307 g/mol. The van der Waals surface area contributed by atoms with E-state index in [9.17, 15) is 4.79 Å². The van der Waals surface area contributed by atoms with E-state index in [1.807, 2.05) is 11.0 Å². The second-order valence-corrected chi connectivity index (χ2v) is 4.80. The highest BCUT2D eigenvalue weighted by atomic mass is 16.5. The number of ether oxygens (including phenoxy) is 3. The van der Waals surface area contributed by atoms with Crippen molar-refractivity contribution >= 4 is 11.9 Å². The first-order valence-electron chi connectivity index (χ1n) is 7.03. The van der Waals surface area contributed by atoms with Gasteiger partial charge >= 0.3 is 5.97 Å². The number of carbonyl (C=O) groups excluding carboxylic acids is 1. The Hall–Kier alpha value is -2.28. The zero-order valence-electron chi connectivity index (χ0n) is 12.9. The third kappa shape index (κ3) is 3.88. The summed E-state index contributed by atoms with van der Waals surface area (Å²) in [5.74, 6) is 0.531. The van der Waals surface area contributed by atoms with E-state index in [0.29, 0.717) is 37.0 Å². The molecule has 0 spiro atoms. The average Bonchev–Trinajstić information content (AvgIpc) is 2.59. The van der Waals surface area contributed by atoms with Crippen LogP contribution in [-0.4, -0.2) is 57.4 Å². The van der Waals surface area contributed by atoms with E-state index in [0.717, 1.165) is 18.7 Å². The maximum atomic E-state index is 11.6. The Bertz CT molecular complexity index is 554. The van der Waals surface area contributed by atoms with E-state index in [-0.39, 0.29) is 0 Å². The number of rotatable bonds is 4. The molecule has 7 nitrogen and oxygen atoms in total. The number of guanidine groups is 1. The lowest BCUT2D eigenvalue weighted by atomic mass is 10.1. The van der Waals surface area contributed by atoms with Gasteiger partial charge in [-0.05, 0) is 17.7 Å². The lowest BCUT2D eigenvalue weighted by Crippen LogP contribution is -2.44. The summed E-state index contributed by atoms with van der Waals surface area (Å²) in [5, 5.41) is 0. The maximum absolute atomic E-state index is 11.6. The number of benzene rings is 1. The molecule has 1 saturated heterocycles. The van der Waals surface area contributed by atoms with Crippen LogP contribution >= 0.6 is 0 Å². The second kappa shape index (κ2) is 7.65.